The molecule has 0 spiro atoms. The minimum Gasteiger partial charge on any atom is -0.365 e. The van der Waals surface area contributed by atoms with Crippen LogP contribution in [0.5, 0.6) is 0 Å². The summed E-state index contributed by atoms with van der Waals surface area (Å²) in [5, 5.41) is 5.76. The van der Waals surface area contributed by atoms with Crippen molar-refractivity contribution in [3.05, 3.63) is 34.9 Å². The summed E-state index contributed by atoms with van der Waals surface area (Å²) in [5.41, 5.74) is 5.58. The molecule has 0 saturated carbocycles. The number of nitrogens with one attached hydrogen (secondary N) is 1. The molecule has 96 valence electrons. The Bertz CT molecular complexity index is 552. The number of fused-ring (bicyclic) bond motifs is 1. The number of hydrogen-bond acceptors (Lipinski definition) is 3. The van der Waals surface area contributed by atoms with Gasteiger partial charge in [0.2, 0.25) is 0 Å². The summed E-state index contributed by atoms with van der Waals surface area (Å²) in [4.78, 5) is 4.44. The molecule has 0 atom stereocenters. The number of benzene rings is 1. The van der Waals surface area contributed by atoms with Crippen LogP contribution in [0.3, 0.4) is 0 Å². The molecular weight excluding hydrogens is 290 g/mol. The Kier molecular flexibility index (Phi) is 3.88. The summed E-state index contributed by atoms with van der Waals surface area (Å²) in [5.74, 6) is 0.909. The standard InChI is InChI=1S/C14H18BrN3/c1-14(2,7-8-16)18-13-11-4-3-5-12(15)10(11)6-9-17-13/h3-6,9H,7-8,16H2,1-2H3,(H,17,18). The average Bonchev–Trinajstić information content (AvgIpc) is 2.30. The zero-order valence-corrected chi connectivity index (χ0v) is 12.3. The molecule has 3 nitrogen and oxygen atoms in total. The molecule has 0 aliphatic rings. The third-order valence-corrected chi connectivity index (χ3v) is 3.67. The second-order valence-electron chi connectivity index (χ2n) is 5.04. The van der Waals surface area contributed by atoms with Crippen LogP contribution in [0.15, 0.2) is 34.9 Å². The number of pyridine rings is 1. The second kappa shape index (κ2) is 5.24. The highest BCUT2D eigenvalue weighted by molar-refractivity contribution is 9.10. The highest BCUT2D eigenvalue weighted by Crippen LogP contribution is 2.29. The fraction of sp³-hybridized carbons (Fsp3) is 0.357. The molecule has 1 aromatic carbocycles. The van der Waals surface area contributed by atoms with Crippen LogP contribution in [0.1, 0.15) is 20.3 Å². The molecule has 0 aliphatic carbocycles. The third kappa shape index (κ3) is 2.82. The molecule has 0 fully saturated rings. The minimum absolute atomic E-state index is 0.0572. The van der Waals surface area contributed by atoms with Gasteiger partial charge >= 0.3 is 0 Å². The van der Waals surface area contributed by atoms with Crippen molar-refractivity contribution in [3.63, 3.8) is 0 Å². The quantitative estimate of drug-likeness (QED) is 0.908. The van der Waals surface area contributed by atoms with E-state index in [0.29, 0.717) is 6.54 Å². The van der Waals surface area contributed by atoms with Crippen molar-refractivity contribution >= 4 is 32.5 Å². The van der Waals surface area contributed by atoms with Crippen LogP contribution in [-0.2, 0) is 0 Å². The largest absolute Gasteiger partial charge is 0.365 e. The van der Waals surface area contributed by atoms with E-state index >= 15 is 0 Å². The van der Waals surface area contributed by atoms with E-state index < -0.39 is 0 Å². The first-order valence-electron chi connectivity index (χ1n) is 6.05. The number of anilines is 1. The summed E-state index contributed by atoms with van der Waals surface area (Å²) in [6, 6.07) is 8.15. The molecule has 2 aromatic rings. The lowest BCUT2D eigenvalue weighted by molar-refractivity contribution is 0.525. The number of aromatic nitrogens is 1. The van der Waals surface area contributed by atoms with Crippen LogP contribution >= 0.6 is 15.9 Å². The van der Waals surface area contributed by atoms with Crippen LogP contribution in [0.4, 0.5) is 5.82 Å². The molecule has 3 N–H and O–H groups in total. The maximum absolute atomic E-state index is 5.64. The van der Waals surface area contributed by atoms with Crippen molar-refractivity contribution < 1.29 is 0 Å². The van der Waals surface area contributed by atoms with Crippen LogP contribution in [0, 0.1) is 0 Å². The van der Waals surface area contributed by atoms with Gasteiger partial charge in [0.25, 0.3) is 0 Å². The van der Waals surface area contributed by atoms with Gasteiger partial charge in [-0.15, -0.1) is 0 Å². The Morgan fingerprint density at radius 3 is 2.78 bits per heavy atom. The van der Waals surface area contributed by atoms with E-state index in [2.05, 4.69) is 46.1 Å². The fourth-order valence-electron chi connectivity index (χ4n) is 2.01. The molecule has 18 heavy (non-hydrogen) atoms. The first kappa shape index (κ1) is 13.3. The highest BCUT2D eigenvalue weighted by Gasteiger charge is 2.18. The molecule has 0 amide bonds. The van der Waals surface area contributed by atoms with Crippen LogP contribution < -0.4 is 11.1 Å². The molecule has 4 heteroatoms. The maximum atomic E-state index is 5.64. The highest BCUT2D eigenvalue weighted by atomic mass is 79.9. The van der Waals surface area contributed by atoms with Crippen molar-refractivity contribution in [1.82, 2.24) is 4.98 Å². The first-order chi connectivity index (χ1) is 8.53. The Balaban J connectivity index is 2.43. The Morgan fingerprint density at radius 2 is 2.06 bits per heavy atom. The van der Waals surface area contributed by atoms with Gasteiger partial charge in [-0.1, -0.05) is 28.1 Å². The second-order valence-corrected chi connectivity index (χ2v) is 5.90. The molecule has 2 rings (SSSR count). The molecule has 1 aromatic heterocycles. The predicted molar refractivity (Wildman–Crippen MR) is 80.8 cm³/mol. The molecule has 0 bridgehead atoms. The molecule has 1 heterocycles. The van der Waals surface area contributed by atoms with Gasteiger partial charge in [-0.2, -0.15) is 0 Å². The normalized spacial score (nSPS) is 11.8. The molecule has 0 radical (unpaired) electrons. The van der Waals surface area contributed by atoms with E-state index in [1.165, 1.54) is 5.39 Å². The van der Waals surface area contributed by atoms with Crippen molar-refractivity contribution in [3.8, 4) is 0 Å². The predicted octanol–water partition coefficient (Wildman–Crippen LogP) is 3.54. The van der Waals surface area contributed by atoms with Gasteiger partial charge in [0.15, 0.2) is 0 Å². The molecule has 0 unspecified atom stereocenters. The third-order valence-electron chi connectivity index (χ3n) is 2.98. The molecule has 0 aliphatic heterocycles. The minimum atomic E-state index is -0.0572. The zero-order chi connectivity index (χ0) is 13.2. The van der Waals surface area contributed by atoms with Gasteiger partial charge in [-0.05, 0) is 38.9 Å². The van der Waals surface area contributed by atoms with E-state index in [1.54, 1.807) is 0 Å². The smallest absolute Gasteiger partial charge is 0.134 e. The summed E-state index contributed by atoms with van der Waals surface area (Å²) >= 11 is 3.57. The number of hydrogen-bond donors (Lipinski definition) is 2. The number of nitrogens with zero attached hydrogens (tertiary/aromatic N) is 1. The summed E-state index contributed by atoms with van der Waals surface area (Å²) in [6.45, 7) is 4.94. The van der Waals surface area contributed by atoms with Crippen molar-refractivity contribution in [2.24, 2.45) is 5.73 Å². The van der Waals surface area contributed by atoms with Gasteiger partial charge < -0.3 is 11.1 Å². The van der Waals surface area contributed by atoms with Crippen LogP contribution in [0.25, 0.3) is 10.8 Å². The van der Waals surface area contributed by atoms with Gasteiger partial charge in [-0.25, -0.2) is 4.98 Å². The van der Waals surface area contributed by atoms with Gasteiger partial charge in [0.05, 0.1) is 0 Å². The summed E-state index contributed by atoms with van der Waals surface area (Å²) < 4.78 is 1.09. The summed E-state index contributed by atoms with van der Waals surface area (Å²) in [6.07, 6.45) is 2.73. The SMILES string of the molecule is CC(C)(CCN)Nc1nccc2c(Br)cccc12. The average molecular weight is 308 g/mol. The molecular formula is C14H18BrN3. The number of nitrogens with two attached hydrogens (primary N) is 1. The van der Waals surface area contributed by atoms with Gasteiger partial charge in [0, 0.05) is 27.0 Å². The lowest BCUT2D eigenvalue weighted by Gasteiger charge is -2.27. The van der Waals surface area contributed by atoms with E-state index in [9.17, 15) is 0 Å². The van der Waals surface area contributed by atoms with E-state index in [-0.39, 0.29) is 5.54 Å². The van der Waals surface area contributed by atoms with E-state index in [0.717, 1.165) is 22.1 Å². The van der Waals surface area contributed by atoms with Crippen molar-refractivity contribution in [2.75, 3.05) is 11.9 Å². The Hall–Kier alpha value is -1.13. The Labute approximate surface area is 116 Å². The zero-order valence-electron chi connectivity index (χ0n) is 10.7. The monoisotopic (exact) mass is 307 g/mol. The lowest BCUT2D eigenvalue weighted by atomic mass is 10.0. The molecule has 0 saturated heterocycles. The van der Waals surface area contributed by atoms with Gasteiger partial charge in [-0.3, -0.25) is 0 Å². The van der Waals surface area contributed by atoms with Crippen LogP contribution in [-0.4, -0.2) is 17.1 Å². The maximum Gasteiger partial charge on any atom is 0.134 e. The number of halogens is 1. The van der Waals surface area contributed by atoms with Crippen molar-refractivity contribution in [2.45, 2.75) is 25.8 Å². The van der Waals surface area contributed by atoms with Crippen molar-refractivity contribution in [1.29, 1.82) is 0 Å². The van der Waals surface area contributed by atoms with Gasteiger partial charge in [0.1, 0.15) is 5.82 Å². The first-order valence-corrected chi connectivity index (χ1v) is 6.84. The van der Waals surface area contributed by atoms with E-state index in [4.69, 9.17) is 5.73 Å². The summed E-state index contributed by atoms with van der Waals surface area (Å²) in [7, 11) is 0. The van der Waals surface area contributed by atoms with Crippen LogP contribution in [0.2, 0.25) is 0 Å². The fourth-order valence-corrected chi connectivity index (χ4v) is 2.51. The Morgan fingerprint density at radius 1 is 1.28 bits per heavy atom. The van der Waals surface area contributed by atoms with E-state index in [1.807, 2.05) is 24.4 Å². The number of rotatable bonds is 4. The lowest BCUT2D eigenvalue weighted by Crippen LogP contribution is -2.33. The topological polar surface area (TPSA) is 50.9 Å².